The quantitative estimate of drug-likeness (QED) is 0.435. The molecule has 0 aliphatic carbocycles. The van der Waals surface area contributed by atoms with Gasteiger partial charge in [0, 0.05) is 12.5 Å². The van der Waals surface area contributed by atoms with Crippen molar-refractivity contribution in [1.29, 1.82) is 0 Å². The lowest BCUT2D eigenvalue weighted by Gasteiger charge is -2.14. The smallest absolute Gasteiger partial charge is 0.266 e. The largest absolute Gasteiger partial charge is 0.550 e. The van der Waals surface area contributed by atoms with Gasteiger partial charge >= 0.3 is 0 Å². The van der Waals surface area contributed by atoms with E-state index in [1.807, 2.05) is 36.4 Å². The Labute approximate surface area is 139 Å². The molecule has 0 radical (unpaired) electrons. The fourth-order valence-electron chi connectivity index (χ4n) is 2.11. The number of amides is 1. The number of carboxylic acids is 1. The molecule has 1 heterocycles. The van der Waals surface area contributed by atoms with Gasteiger partial charge in [0.05, 0.1) is 4.91 Å². The standard InChI is InChI=1S/C16H17NO3S2/c18-14(19)9-5-2-6-10-17-15(20)13(22-16(17)21)11-12-7-3-1-4-8-12/h1,3-4,7-8,11H,2,5-6,9-10H2,(H,18,19)/p-1/b13-11-. The summed E-state index contributed by atoms with van der Waals surface area (Å²) in [4.78, 5) is 24.9. The zero-order valence-corrected chi connectivity index (χ0v) is 13.6. The predicted molar refractivity (Wildman–Crippen MR) is 89.8 cm³/mol. The molecule has 0 spiro atoms. The molecule has 0 unspecified atom stereocenters. The Bertz CT molecular complexity index is 599. The molecule has 1 amide bonds. The van der Waals surface area contributed by atoms with Crippen molar-refractivity contribution in [3.63, 3.8) is 0 Å². The summed E-state index contributed by atoms with van der Waals surface area (Å²) in [5.41, 5.74) is 0.969. The number of aliphatic carboxylic acids is 1. The van der Waals surface area contributed by atoms with Crippen molar-refractivity contribution in [2.75, 3.05) is 6.54 Å². The molecule has 1 aromatic rings. The van der Waals surface area contributed by atoms with E-state index in [4.69, 9.17) is 12.2 Å². The molecule has 116 valence electrons. The zero-order valence-electron chi connectivity index (χ0n) is 12.0. The van der Waals surface area contributed by atoms with E-state index in [1.54, 1.807) is 4.90 Å². The minimum atomic E-state index is -1.03. The van der Waals surface area contributed by atoms with E-state index in [0.717, 1.165) is 18.4 Å². The molecule has 2 rings (SSSR count). The number of thiocarbonyl (C=S) groups is 1. The lowest BCUT2D eigenvalue weighted by molar-refractivity contribution is -0.305. The fourth-order valence-corrected chi connectivity index (χ4v) is 3.42. The summed E-state index contributed by atoms with van der Waals surface area (Å²) in [5.74, 6) is -1.10. The van der Waals surface area contributed by atoms with Gasteiger partial charge in [-0.25, -0.2) is 0 Å². The van der Waals surface area contributed by atoms with Crippen LogP contribution in [0.15, 0.2) is 35.2 Å². The molecule has 1 saturated heterocycles. The van der Waals surface area contributed by atoms with E-state index in [9.17, 15) is 14.7 Å². The van der Waals surface area contributed by atoms with Gasteiger partial charge < -0.3 is 9.90 Å². The number of benzene rings is 1. The highest BCUT2D eigenvalue weighted by Crippen LogP contribution is 2.32. The average Bonchev–Trinajstić information content (AvgIpc) is 2.75. The van der Waals surface area contributed by atoms with Crippen LogP contribution >= 0.6 is 24.0 Å². The molecule has 1 aliphatic heterocycles. The van der Waals surface area contributed by atoms with E-state index in [2.05, 4.69) is 0 Å². The minimum absolute atomic E-state index is 0.0618. The van der Waals surface area contributed by atoms with Crippen molar-refractivity contribution in [2.45, 2.75) is 25.7 Å². The van der Waals surface area contributed by atoms with Crippen molar-refractivity contribution in [3.05, 3.63) is 40.8 Å². The third-order valence-corrected chi connectivity index (χ3v) is 4.61. The first-order valence-electron chi connectivity index (χ1n) is 7.08. The van der Waals surface area contributed by atoms with E-state index < -0.39 is 5.97 Å². The molecule has 4 nitrogen and oxygen atoms in total. The minimum Gasteiger partial charge on any atom is -0.550 e. The highest BCUT2D eigenvalue weighted by atomic mass is 32.2. The number of nitrogens with zero attached hydrogens (tertiary/aromatic N) is 1. The van der Waals surface area contributed by atoms with Crippen molar-refractivity contribution in [3.8, 4) is 0 Å². The molecule has 1 aliphatic rings. The molecule has 0 atom stereocenters. The van der Waals surface area contributed by atoms with E-state index in [0.29, 0.717) is 22.2 Å². The van der Waals surface area contributed by atoms with Crippen LogP contribution in [0.25, 0.3) is 6.08 Å². The van der Waals surface area contributed by atoms with Crippen LogP contribution in [0.4, 0.5) is 0 Å². The van der Waals surface area contributed by atoms with Gasteiger partial charge in [-0.15, -0.1) is 0 Å². The summed E-state index contributed by atoms with van der Waals surface area (Å²) in [6.45, 7) is 0.532. The molecular weight excluding hydrogens is 318 g/mol. The third kappa shape index (κ3) is 4.68. The topological polar surface area (TPSA) is 60.4 Å². The maximum Gasteiger partial charge on any atom is 0.266 e. The average molecular weight is 334 g/mol. The molecule has 0 N–H and O–H groups in total. The van der Waals surface area contributed by atoms with Crippen LogP contribution in [-0.4, -0.2) is 27.6 Å². The second-order valence-electron chi connectivity index (χ2n) is 4.93. The Hall–Kier alpha value is -1.66. The number of hydrogen-bond donors (Lipinski definition) is 0. The number of carbonyl (C=O) groups excluding carboxylic acids is 2. The van der Waals surface area contributed by atoms with Crippen LogP contribution in [0.5, 0.6) is 0 Å². The number of unbranched alkanes of at least 4 members (excludes halogenated alkanes) is 2. The lowest BCUT2D eigenvalue weighted by Crippen LogP contribution is -2.29. The Kier molecular flexibility index (Phi) is 6.15. The van der Waals surface area contributed by atoms with Crippen molar-refractivity contribution >= 4 is 46.3 Å². The monoisotopic (exact) mass is 334 g/mol. The SMILES string of the molecule is O=C([O-])CCCCCN1C(=O)/C(=C/c2ccccc2)SC1=S. The number of rotatable bonds is 7. The summed E-state index contributed by atoms with van der Waals surface area (Å²) in [5, 5.41) is 10.3. The summed E-state index contributed by atoms with van der Waals surface area (Å²) in [6, 6.07) is 9.64. The first-order chi connectivity index (χ1) is 10.6. The molecule has 1 fully saturated rings. The molecular formula is C16H16NO3S2-. The number of hydrogen-bond acceptors (Lipinski definition) is 5. The Morgan fingerprint density at radius 1 is 1.23 bits per heavy atom. The second kappa shape index (κ2) is 8.10. The van der Waals surface area contributed by atoms with E-state index in [-0.39, 0.29) is 12.3 Å². The van der Waals surface area contributed by atoms with Gasteiger partial charge in [-0.1, -0.05) is 60.7 Å². The van der Waals surface area contributed by atoms with Crippen LogP contribution < -0.4 is 5.11 Å². The van der Waals surface area contributed by atoms with E-state index in [1.165, 1.54) is 11.8 Å². The van der Waals surface area contributed by atoms with Crippen molar-refractivity contribution in [1.82, 2.24) is 4.90 Å². The fraction of sp³-hybridized carbons (Fsp3) is 0.312. The molecule has 0 saturated carbocycles. The van der Waals surface area contributed by atoms with Crippen LogP contribution in [0, 0.1) is 0 Å². The second-order valence-corrected chi connectivity index (χ2v) is 6.60. The van der Waals surface area contributed by atoms with Gasteiger partial charge in [0.15, 0.2) is 0 Å². The van der Waals surface area contributed by atoms with Gasteiger partial charge in [-0.3, -0.25) is 9.69 Å². The van der Waals surface area contributed by atoms with Crippen molar-refractivity contribution < 1.29 is 14.7 Å². The molecule has 0 bridgehead atoms. The van der Waals surface area contributed by atoms with Crippen LogP contribution in [0.3, 0.4) is 0 Å². The first-order valence-corrected chi connectivity index (χ1v) is 8.30. The Morgan fingerprint density at radius 2 is 1.95 bits per heavy atom. The maximum atomic E-state index is 12.3. The number of carbonyl (C=O) groups is 2. The van der Waals surface area contributed by atoms with Crippen LogP contribution in [0.2, 0.25) is 0 Å². The summed E-state index contributed by atoms with van der Waals surface area (Å²) in [6.07, 6.45) is 3.94. The zero-order chi connectivity index (χ0) is 15.9. The van der Waals surface area contributed by atoms with Gasteiger partial charge in [0.1, 0.15) is 4.32 Å². The van der Waals surface area contributed by atoms with Gasteiger partial charge in [-0.2, -0.15) is 0 Å². The molecule has 1 aromatic carbocycles. The summed E-state index contributed by atoms with van der Waals surface area (Å²) < 4.78 is 0.562. The van der Waals surface area contributed by atoms with Crippen LogP contribution in [-0.2, 0) is 9.59 Å². The lowest BCUT2D eigenvalue weighted by atomic mass is 10.2. The summed E-state index contributed by atoms with van der Waals surface area (Å²) >= 11 is 6.56. The molecule has 6 heteroatoms. The first kappa shape index (κ1) is 16.7. The van der Waals surface area contributed by atoms with Crippen LogP contribution in [0.1, 0.15) is 31.2 Å². The van der Waals surface area contributed by atoms with Crippen molar-refractivity contribution in [2.24, 2.45) is 0 Å². The highest BCUT2D eigenvalue weighted by molar-refractivity contribution is 8.26. The molecule has 22 heavy (non-hydrogen) atoms. The predicted octanol–water partition coefficient (Wildman–Crippen LogP) is 2.20. The Balaban J connectivity index is 1.89. The highest BCUT2D eigenvalue weighted by Gasteiger charge is 2.31. The van der Waals surface area contributed by atoms with E-state index >= 15 is 0 Å². The Morgan fingerprint density at radius 3 is 2.64 bits per heavy atom. The number of thioether (sulfide) groups is 1. The summed E-state index contributed by atoms with van der Waals surface area (Å²) in [7, 11) is 0. The molecule has 0 aromatic heterocycles. The number of carboxylic acid groups (broad SMARTS) is 1. The van der Waals surface area contributed by atoms with Gasteiger partial charge in [0.2, 0.25) is 0 Å². The maximum absolute atomic E-state index is 12.3. The third-order valence-electron chi connectivity index (χ3n) is 3.23. The van der Waals surface area contributed by atoms with Gasteiger partial charge in [-0.05, 0) is 30.9 Å². The normalized spacial score (nSPS) is 16.5. The van der Waals surface area contributed by atoms with Gasteiger partial charge in [0.25, 0.3) is 5.91 Å².